The molecule has 0 N–H and O–H groups in total. The fourth-order valence-corrected chi connectivity index (χ4v) is 2.65. The summed E-state index contributed by atoms with van der Waals surface area (Å²) >= 11 is 2.28. The van der Waals surface area contributed by atoms with Crippen molar-refractivity contribution in [2.45, 2.75) is 13.2 Å². The maximum Gasteiger partial charge on any atom is 0.162 e. The Morgan fingerprint density at radius 2 is 1.13 bits per heavy atom. The number of benzene rings is 3. The quantitative estimate of drug-likeness (QED) is 0.498. The summed E-state index contributed by atoms with van der Waals surface area (Å²) in [5.74, 6) is 1.54. The standard InChI is InChI=1S/C20H17IO2/c21-18-11-12-19(22-14-16-7-3-1-4-8-16)20(13-18)23-15-17-9-5-2-6-10-17/h1-13H,14-15H2. The predicted molar refractivity (Wildman–Crippen MR) is 101 cm³/mol. The van der Waals surface area contributed by atoms with E-state index in [1.807, 2.05) is 54.6 Å². The molecule has 0 aliphatic carbocycles. The molecule has 0 aromatic heterocycles. The minimum Gasteiger partial charge on any atom is -0.485 e. The molecule has 0 saturated heterocycles. The van der Waals surface area contributed by atoms with Gasteiger partial charge in [-0.15, -0.1) is 0 Å². The molecule has 0 saturated carbocycles. The van der Waals surface area contributed by atoms with Crippen LogP contribution in [0.4, 0.5) is 0 Å². The van der Waals surface area contributed by atoms with Gasteiger partial charge in [0.2, 0.25) is 0 Å². The summed E-state index contributed by atoms with van der Waals surface area (Å²) in [6, 6.07) is 26.3. The molecule has 116 valence electrons. The van der Waals surface area contributed by atoms with Crippen LogP contribution in [0.3, 0.4) is 0 Å². The van der Waals surface area contributed by atoms with Crippen LogP contribution in [0.25, 0.3) is 0 Å². The van der Waals surface area contributed by atoms with Crippen LogP contribution in [0.2, 0.25) is 0 Å². The number of ether oxygens (including phenoxy) is 2. The molecular weight excluding hydrogens is 399 g/mol. The third-order valence-electron chi connectivity index (χ3n) is 3.38. The summed E-state index contributed by atoms with van der Waals surface area (Å²) in [6.07, 6.45) is 0. The van der Waals surface area contributed by atoms with Crippen molar-refractivity contribution in [1.29, 1.82) is 0 Å². The molecule has 0 aliphatic rings. The SMILES string of the molecule is Ic1ccc(OCc2ccccc2)c(OCc2ccccc2)c1. The summed E-state index contributed by atoms with van der Waals surface area (Å²) < 4.78 is 13.0. The highest BCUT2D eigenvalue weighted by atomic mass is 127. The van der Waals surface area contributed by atoms with Gasteiger partial charge in [0.1, 0.15) is 13.2 Å². The molecule has 0 atom stereocenters. The summed E-state index contributed by atoms with van der Waals surface area (Å²) in [5, 5.41) is 0. The lowest BCUT2D eigenvalue weighted by Crippen LogP contribution is -2.00. The molecular formula is C20H17IO2. The third-order valence-corrected chi connectivity index (χ3v) is 4.05. The minimum absolute atomic E-state index is 0.530. The number of hydrogen-bond acceptors (Lipinski definition) is 2. The van der Waals surface area contributed by atoms with E-state index in [1.54, 1.807) is 0 Å². The predicted octanol–water partition coefficient (Wildman–Crippen LogP) is 5.45. The fraction of sp³-hybridized carbons (Fsp3) is 0.100. The molecule has 0 bridgehead atoms. The molecule has 2 nitrogen and oxygen atoms in total. The summed E-state index contributed by atoms with van der Waals surface area (Å²) in [4.78, 5) is 0. The lowest BCUT2D eigenvalue weighted by atomic mass is 10.2. The van der Waals surface area contributed by atoms with Gasteiger partial charge in [0.05, 0.1) is 0 Å². The maximum atomic E-state index is 5.96. The molecule has 0 fully saturated rings. The Kier molecular flexibility index (Phi) is 5.53. The first kappa shape index (κ1) is 15.9. The summed E-state index contributed by atoms with van der Waals surface area (Å²) in [7, 11) is 0. The highest BCUT2D eigenvalue weighted by Gasteiger charge is 2.07. The van der Waals surface area contributed by atoms with Gasteiger partial charge in [0.25, 0.3) is 0 Å². The normalized spacial score (nSPS) is 10.3. The van der Waals surface area contributed by atoms with E-state index < -0.39 is 0 Å². The van der Waals surface area contributed by atoms with Gasteiger partial charge in [-0.25, -0.2) is 0 Å². The van der Waals surface area contributed by atoms with Gasteiger partial charge in [-0.3, -0.25) is 0 Å². The maximum absolute atomic E-state index is 5.96. The first-order valence-electron chi connectivity index (χ1n) is 7.44. The van der Waals surface area contributed by atoms with Crippen molar-refractivity contribution in [3.8, 4) is 11.5 Å². The Morgan fingerprint density at radius 3 is 1.70 bits per heavy atom. The molecule has 0 unspecified atom stereocenters. The molecule has 3 aromatic carbocycles. The van der Waals surface area contributed by atoms with E-state index in [0.717, 1.165) is 26.2 Å². The Labute approximate surface area is 150 Å². The van der Waals surface area contributed by atoms with Crippen molar-refractivity contribution < 1.29 is 9.47 Å². The third kappa shape index (κ3) is 4.73. The highest BCUT2D eigenvalue weighted by Crippen LogP contribution is 2.30. The molecule has 3 heteroatoms. The van der Waals surface area contributed by atoms with E-state index in [0.29, 0.717) is 13.2 Å². The summed E-state index contributed by atoms with van der Waals surface area (Å²) in [5.41, 5.74) is 2.28. The lowest BCUT2D eigenvalue weighted by Gasteiger charge is -2.13. The van der Waals surface area contributed by atoms with Crippen molar-refractivity contribution in [2.24, 2.45) is 0 Å². The van der Waals surface area contributed by atoms with Gasteiger partial charge in [0.15, 0.2) is 11.5 Å². The smallest absolute Gasteiger partial charge is 0.162 e. The van der Waals surface area contributed by atoms with Crippen LogP contribution < -0.4 is 9.47 Å². The number of hydrogen-bond donors (Lipinski definition) is 0. The summed E-state index contributed by atoms with van der Waals surface area (Å²) in [6.45, 7) is 1.06. The van der Waals surface area contributed by atoms with Crippen LogP contribution >= 0.6 is 22.6 Å². The van der Waals surface area contributed by atoms with Crippen LogP contribution in [-0.2, 0) is 13.2 Å². The number of halogens is 1. The fourth-order valence-electron chi connectivity index (χ4n) is 2.18. The zero-order valence-electron chi connectivity index (χ0n) is 12.6. The van der Waals surface area contributed by atoms with E-state index >= 15 is 0 Å². The van der Waals surface area contributed by atoms with Gasteiger partial charge in [-0.2, -0.15) is 0 Å². The van der Waals surface area contributed by atoms with E-state index in [9.17, 15) is 0 Å². The first-order chi connectivity index (χ1) is 11.3. The van der Waals surface area contributed by atoms with Crippen molar-refractivity contribution in [2.75, 3.05) is 0 Å². The van der Waals surface area contributed by atoms with Crippen molar-refractivity contribution in [3.05, 3.63) is 93.6 Å². The van der Waals surface area contributed by atoms with Crippen LogP contribution in [-0.4, -0.2) is 0 Å². The van der Waals surface area contributed by atoms with Gasteiger partial charge < -0.3 is 9.47 Å². The second-order valence-corrected chi connectivity index (χ2v) is 6.39. The van der Waals surface area contributed by atoms with Gasteiger partial charge >= 0.3 is 0 Å². The largest absolute Gasteiger partial charge is 0.485 e. The van der Waals surface area contributed by atoms with Gasteiger partial charge in [-0.05, 0) is 51.9 Å². The van der Waals surface area contributed by atoms with Crippen molar-refractivity contribution in [3.63, 3.8) is 0 Å². The zero-order valence-corrected chi connectivity index (χ0v) is 14.8. The molecule has 3 rings (SSSR count). The first-order valence-corrected chi connectivity index (χ1v) is 8.52. The van der Waals surface area contributed by atoms with Crippen LogP contribution in [0.15, 0.2) is 78.9 Å². The second-order valence-electron chi connectivity index (χ2n) is 5.14. The van der Waals surface area contributed by atoms with Crippen LogP contribution in [0.1, 0.15) is 11.1 Å². The highest BCUT2D eigenvalue weighted by molar-refractivity contribution is 14.1. The topological polar surface area (TPSA) is 18.5 Å². The van der Waals surface area contributed by atoms with Crippen molar-refractivity contribution in [1.82, 2.24) is 0 Å². The van der Waals surface area contributed by atoms with E-state index in [-0.39, 0.29) is 0 Å². The molecule has 0 amide bonds. The average molecular weight is 416 g/mol. The Balaban J connectivity index is 1.70. The van der Waals surface area contributed by atoms with Crippen LogP contribution in [0, 0.1) is 3.57 Å². The van der Waals surface area contributed by atoms with Crippen molar-refractivity contribution >= 4 is 22.6 Å². The zero-order chi connectivity index (χ0) is 15.9. The average Bonchev–Trinajstić information content (AvgIpc) is 2.61. The molecule has 0 aliphatic heterocycles. The van der Waals surface area contributed by atoms with E-state index in [4.69, 9.17) is 9.47 Å². The molecule has 0 spiro atoms. The molecule has 23 heavy (non-hydrogen) atoms. The Hall–Kier alpha value is -2.01. The Bertz CT molecular complexity index is 742. The van der Waals surface area contributed by atoms with Gasteiger partial charge in [-0.1, -0.05) is 60.7 Å². The minimum atomic E-state index is 0.530. The molecule has 0 heterocycles. The van der Waals surface area contributed by atoms with E-state index in [1.165, 1.54) is 0 Å². The Morgan fingerprint density at radius 1 is 0.609 bits per heavy atom. The monoisotopic (exact) mass is 416 g/mol. The van der Waals surface area contributed by atoms with Gasteiger partial charge in [0, 0.05) is 3.57 Å². The number of rotatable bonds is 6. The molecule has 0 radical (unpaired) electrons. The second kappa shape index (κ2) is 8.02. The van der Waals surface area contributed by atoms with Crippen LogP contribution in [0.5, 0.6) is 11.5 Å². The molecule has 3 aromatic rings. The van der Waals surface area contributed by atoms with E-state index in [2.05, 4.69) is 46.9 Å². The lowest BCUT2D eigenvalue weighted by molar-refractivity contribution is 0.256.